The standard InChI is InChI=1S/C22H33N3O/c1-16-9-11-25(12-10-16)15-18-6-4-5-17(13-18)14-21-19-7-2-3-8-20(19)22(26)24-23-21/h4-6,13,16,19-21,23H,2-3,7-12,14-15H2,1H3,(H,24,26). The lowest BCUT2D eigenvalue weighted by Gasteiger charge is -2.41. The molecule has 2 aliphatic heterocycles. The number of benzene rings is 1. The van der Waals surface area contributed by atoms with Gasteiger partial charge in [0.25, 0.3) is 0 Å². The molecule has 2 heterocycles. The van der Waals surface area contributed by atoms with Crippen LogP contribution in [0.3, 0.4) is 0 Å². The maximum atomic E-state index is 12.1. The molecule has 0 spiro atoms. The number of rotatable bonds is 4. The maximum Gasteiger partial charge on any atom is 0.237 e. The molecule has 1 amide bonds. The van der Waals surface area contributed by atoms with E-state index in [0.717, 1.165) is 25.3 Å². The molecule has 142 valence electrons. The average molecular weight is 356 g/mol. The molecule has 4 heteroatoms. The molecule has 2 N–H and O–H groups in total. The van der Waals surface area contributed by atoms with Crippen molar-refractivity contribution in [3.63, 3.8) is 0 Å². The first kappa shape index (κ1) is 18.0. The zero-order valence-corrected chi connectivity index (χ0v) is 16.0. The van der Waals surface area contributed by atoms with E-state index >= 15 is 0 Å². The molecule has 3 fully saturated rings. The predicted molar refractivity (Wildman–Crippen MR) is 104 cm³/mol. The number of piperidine rings is 1. The van der Waals surface area contributed by atoms with Crippen molar-refractivity contribution in [3.8, 4) is 0 Å². The van der Waals surface area contributed by atoms with Gasteiger partial charge in [-0.3, -0.25) is 15.1 Å². The summed E-state index contributed by atoms with van der Waals surface area (Å²) in [5, 5.41) is 0. The van der Waals surface area contributed by atoms with Crippen LogP contribution >= 0.6 is 0 Å². The van der Waals surface area contributed by atoms with Crippen LogP contribution in [-0.4, -0.2) is 29.9 Å². The number of amides is 1. The summed E-state index contributed by atoms with van der Waals surface area (Å²) in [6, 6.07) is 9.47. The van der Waals surface area contributed by atoms with Crippen molar-refractivity contribution < 1.29 is 4.79 Å². The summed E-state index contributed by atoms with van der Waals surface area (Å²) in [6.45, 7) is 5.89. The van der Waals surface area contributed by atoms with Gasteiger partial charge in [0.15, 0.2) is 0 Å². The number of nitrogens with one attached hydrogen (secondary N) is 2. The first-order valence-electron chi connectivity index (χ1n) is 10.5. The summed E-state index contributed by atoms with van der Waals surface area (Å²) < 4.78 is 0. The normalized spacial score (nSPS) is 30.7. The maximum absolute atomic E-state index is 12.1. The van der Waals surface area contributed by atoms with Crippen LogP contribution in [0.5, 0.6) is 0 Å². The van der Waals surface area contributed by atoms with Crippen molar-refractivity contribution in [2.24, 2.45) is 17.8 Å². The van der Waals surface area contributed by atoms with Crippen LogP contribution < -0.4 is 10.9 Å². The highest BCUT2D eigenvalue weighted by Gasteiger charge is 2.39. The van der Waals surface area contributed by atoms with Gasteiger partial charge in [-0.15, -0.1) is 0 Å². The van der Waals surface area contributed by atoms with Gasteiger partial charge < -0.3 is 0 Å². The molecule has 1 aliphatic carbocycles. The lowest BCUT2D eigenvalue weighted by molar-refractivity contribution is -0.133. The van der Waals surface area contributed by atoms with E-state index in [0.29, 0.717) is 12.0 Å². The number of nitrogens with zero attached hydrogens (tertiary/aromatic N) is 1. The fourth-order valence-electron chi connectivity index (χ4n) is 5.12. The third-order valence-corrected chi connectivity index (χ3v) is 6.78. The third kappa shape index (κ3) is 4.12. The SMILES string of the molecule is CC1CCN(Cc2cccc(CC3NNC(=O)C4CCCCC34)c2)CC1. The first-order valence-corrected chi connectivity index (χ1v) is 10.5. The molecule has 2 saturated heterocycles. The van der Waals surface area contributed by atoms with Crippen LogP contribution in [0.1, 0.15) is 56.6 Å². The Hall–Kier alpha value is -1.39. The fraction of sp³-hybridized carbons (Fsp3) is 0.682. The number of carbonyl (C=O) groups is 1. The zero-order valence-electron chi connectivity index (χ0n) is 16.0. The predicted octanol–water partition coefficient (Wildman–Crippen LogP) is 3.27. The van der Waals surface area contributed by atoms with E-state index in [1.807, 2.05) is 0 Å². The summed E-state index contributed by atoms with van der Waals surface area (Å²) in [6.07, 6.45) is 8.37. The highest BCUT2D eigenvalue weighted by molar-refractivity contribution is 5.79. The monoisotopic (exact) mass is 355 g/mol. The van der Waals surface area contributed by atoms with Gasteiger partial charge in [-0.25, -0.2) is 5.43 Å². The molecular formula is C22H33N3O. The van der Waals surface area contributed by atoms with Crippen molar-refractivity contribution in [1.82, 2.24) is 15.8 Å². The van der Waals surface area contributed by atoms with Gasteiger partial charge in [0.05, 0.1) is 0 Å². The van der Waals surface area contributed by atoms with Gasteiger partial charge in [-0.2, -0.15) is 0 Å². The Morgan fingerprint density at radius 3 is 2.69 bits per heavy atom. The van der Waals surface area contributed by atoms with E-state index in [-0.39, 0.29) is 11.8 Å². The van der Waals surface area contributed by atoms with Gasteiger partial charge in [0.1, 0.15) is 0 Å². The van der Waals surface area contributed by atoms with E-state index in [4.69, 9.17) is 0 Å². The Kier molecular flexibility index (Phi) is 5.60. The smallest absolute Gasteiger partial charge is 0.237 e. The summed E-state index contributed by atoms with van der Waals surface area (Å²) in [5.74, 6) is 1.80. The van der Waals surface area contributed by atoms with Crippen LogP contribution in [0, 0.1) is 17.8 Å². The summed E-state index contributed by atoms with van der Waals surface area (Å²) in [5.41, 5.74) is 9.07. The van der Waals surface area contributed by atoms with Crippen molar-refractivity contribution in [2.75, 3.05) is 13.1 Å². The zero-order chi connectivity index (χ0) is 17.9. The molecule has 3 atom stereocenters. The van der Waals surface area contributed by atoms with E-state index in [1.54, 1.807) is 0 Å². The quantitative estimate of drug-likeness (QED) is 0.871. The van der Waals surface area contributed by atoms with Gasteiger partial charge >= 0.3 is 0 Å². The fourth-order valence-corrected chi connectivity index (χ4v) is 5.12. The lowest BCUT2D eigenvalue weighted by Crippen LogP contribution is -2.60. The topological polar surface area (TPSA) is 44.4 Å². The Balaban J connectivity index is 1.39. The summed E-state index contributed by atoms with van der Waals surface area (Å²) in [7, 11) is 0. The number of hydrogen-bond acceptors (Lipinski definition) is 3. The van der Waals surface area contributed by atoms with Crippen LogP contribution in [0.2, 0.25) is 0 Å². The number of hydrogen-bond donors (Lipinski definition) is 2. The van der Waals surface area contributed by atoms with Crippen LogP contribution in [0.15, 0.2) is 24.3 Å². The Labute approximate surface area is 157 Å². The molecule has 3 aliphatic rings. The first-order chi connectivity index (χ1) is 12.7. The van der Waals surface area contributed by atoms with E-state index < -0.39 is 0 Å². The molecule has 26 heavy (non-hydrogen) atoms. The van der Waals surface area contributed by atoms with E-state index in [2.05, 4.69) is 46.9 Å². The lowest BCUT2D eigenvalue weighted by atomic mass is 9.72. The number of carbonyl (C=O) groups excluding carboxylic acids is 1. The van der Waals surface area contributed by atoms with Crippen molar-refractivity contribution >= 4 is 5.91 Å². The minimum absolute atomic E-state index is 0.207. The molecule has 0 aromatic heterocycles. The highest BCUT2D eigenvalue weighted by atomic mass is 16.2. The van der Waals surface area contributed by atoms with Gasteiger partial charge in [0.2, 0.25) is 5.91 Å². The van der Waals surface area contributed by atoms with E-state index in [9.17, 15) is 4.79 Å². The van der Waals surface area contributed by atoms with Crippen LogP contribution in [0.4, 0.5) is 0 Å². The molecule has 1 aromatic rings. The second-order valence-corrected chi connectivity index (χ2v) is 8.78. The third-order valence-electron chi connectivity index (χ3n) is 6.78. The molecular weight excluding hydrogens is 322 g/mol. The van der Waals surface area contributed by atoms with Crippen molar-refractivity contribution in [2.45, 2.75) is 64.5 Å². The number of likely N-dealkylation sites (tertiary alicyclic amines) is 1. The second kappa shape index (κ2) is 8.10. The summed E-state index contributed by atoms with van der Waals surface area (Å²) >= 11 is 0. The Morgan fingerprint density at radius 2 is 1.85 bits per heavy atom. The van der Waals surface area contributed by atoms with Crippen LogP contribution in [-0.2, 0) is 17.8 Å². The molecule has 4 rings (SSSR count). The highest BCUT2D eigenvalue weighted by Crippen LogP contribution is 2.35. The summed E-state index contributed by atoms with van der Waals surface area (Å²) in [4.78, 5) is 14.7. The minimum atomic E-state index is 0.207. The minimum Gasteiger partial charge on any atom is -0.299 e. The Bertz CT molecular complexity index is 624. The van der Waals surface area contributed by atoms with E-state index in [1.165, 1.54) is 56.3 Å². The van der Waals surface area contributed by atoms with Crippen molar-refractivity contribution in [1.29, 1.82) is 0 Å². The molecule has 3 unspecified atom stereocenters. The largest absolute Gasteiger partial charge is 0.299 e. The number of hydrazine groups is 1. The van der Waals surface area contributed by atoms with Gasteiger partial charge in [0, 0.05) is 18.5 Å². The molecule has 1 aromatic carbocycles. The van der Waals surface area contributed by atoms with Crippen molar-refractivity contribution in [3.05, 3.63) is 35.4 Å². The Morgan fingerprint density at radius 1 is 1.08 bits per heavy atom. The van der Waals surface area contributed by atoms with Crippen LogP contribution in [0.25, 0.3) is 0 Å². The average Bonchev–Trinajstić information content (AvgIpc) is 2.67. The van der Waals surface area contributed by atoms with Gasteiger partial charge in [-0.1, -0.05) is 44.0 Å². The number of fused-ring (bicyclic) bond motifs is 1. The molecule has 4 nitrogen and oxygen atoms in total. The second-order valence-electron chi connectivity index (χ2n) is 8.78. The molecule has 0 bridgehead atoms. The van der Waals surface area contributed by atoms with Gasteiger partial charge in [-0.05, 0) is 68.2 Å². The molecule has 1 saturated carbocycles. The molecule has 0 radical (unpaired) electrons.